The summed E-state index contributed by atoms with van der Waals surface area (Å²) in [4.78, 5) is 7.86. The minimum absolute atomic E-state index is 0.127. The van der Waals surface area contributed by atoms with Crippen LogP contribution in [0.25, 0.3) is 16.6 Å². The van der Waals surface area contributed by atoms with Gasteiger partial charge in [-0.3, -0.25) is 4.99 Å². The second kappa shape index (κ2) is 6.43. The van der Waals surface area contributed by atoms with Crippen LogP contribution < -0.4 is 19.5 Å². The maximum atomic E-state index is 9.76. The van der Waals surface area contributed by atoms with E-state index in [1.807, 2.05) is 35.2 Å². The fraction of sp³-hybridized carbons (Fsp3) is 0.105. The molecule has 0 atom stereocenters. The van der Waals surface area contributed by atoms with E-state index < -0.39 is 0 Å². The second-order valence-corrected chi connectivity index (χ2v) is 7.14. The monoisotopic (exact) mass is 370 g/mol. The van der Waals surface area contributed by atoms with Crippen LogP contribution in [-0.2, 0) is 0 Å². The van der Waals surface area contributed by atoms with E-state index in [0.29, 0.717) is 12.4 Å². The molecule has 0 fully saturated rings. The SMILES string of the molecule is COc1cc(N2C=c3sc(-c4ccc(Cl)cc4)cc3=NC2)ccc1O. The minimum atomic E-state index is 0.127. The van der Waals surface area contributed by atoms with Gasteiger partial charge >= 0.3 is 0 Å². The third-order valence-electron chi connectivity index (χ3n) is 4.03. The number of halogens is 1. The number of benzene rings is 2. The highest BCUT2D eigenvalue weighted by atomic mass is 35.5. The van der Waals surface area contributed by atoms with Crippen molar-refractivity contribution in [2.45, 2.75) is 0 Å². The van der Waals surface area contributed by atoms with Crippen molar-refractivity contribution in [1.29, 1.82) is 0 Å². The molecule has 1 N–H and O–H groups in total. The molecule has 0 saturated carbocycles. The van der Waals surface area contributed by atoms with Crippen LogP contribution in [0.1, 0.15) is 0 Å². The van der Waals surface area contributed by atoms with Crippen molar-refractivity contribution in [3.63, 3.8) is 0 Å². The number of rotatable bonds is 3. The molecule has 3 aromatic rings. The Labute approximate surface area is 153 Å². The van der Waals surface area contributed by atoms with Gasteiger partial charge in [0.05, 0.1) is 17.0 Å². The number of anilines is 1. The van der Waals surface area contributed by atoms with Crippen molar-refractivity contribution >= 4 is 34.8 Å². The number of fused-ring (bicyclic) bond motifs is 1. The normalized spacial score (nSPS) is 13.0. The summed E-state index contributed by atoms with van der Waals surface area (Å²) in [5.41, 5.74) is 2.05. The lowest BCUT2D eigenvalue weighted by molar-refractivity contribution is 0.373. The highest BCUT2D eigenvalue weighted by Gasteiger charge is 2.12. The summed E-state index contributed by atoms with van der Waals surface area (Å²) in [7, 11) is 1.54. The number of hydrogen-bond acceptors (Lipinski definition) is 5. The maximum Gasteiger partial charge on any atom is 0.162 e. The average Bonchev–Trinajstić information content (AvgIpc) is 3.06. The topological polar surface area (TPSA) is 45.1 Å². The smallest absolute Gasteiger partial charge is 0.162 e. The lowest BCUT2D eigenvalue weighted by Gasteiger charge is -2.20. The fourth-order valence-corrected chi connectivity index (χ4v) is 3.90. The molecule has 0 bridgehead atoms. The Morgan fingerprint density at radius 3 is 2.72 bits per heavy atom. The lowest BCUT2D eigenvalue weighted by atomic mass is 10.2. The van der Waals surface area contributed by atoms with E-state index in [0.717, 1.165) is 31.0 Å². The van der Waals surface area contributed by atoms with Crippen LogP contribution >= 0.6 is 22.9 Å². The van der Waals surface area contributed by atoms with E-state index >= 15 is 0 Å². The van der Waals surface area contributed by atoms with Crippen LogP contribution in [0.5, 0.6) is 11.5 Å². The third-order valence-corrected chi connectivity index (χ3v) is 5.39. The quantitative estimate of drug-likeness (QED) is 0.766. The van der Waals surface area contributed by atoms with E-state index in [4.69, 9.17) is 16.3 Å². The molecular formula is C19H15ClN2O2S. The predicted octanol–water partition coefficient (Wildman–Crippen LogP) is 3.62. The standard InChI is InChI=1S/C19H15ClN2O2S/c1-24-17-8-14(6-7-16(17)23)22-10-19-15(21-11-22)9-18(25-19)12-2-4-13(20)5-3-12/h2-10,23H,11H2,1H3. The van der Waals surface area contributed by atoms with Crippen LogP contribution in [0.4, 0.5) is 5.69 Å². The summed E-state index contributed by atoms with van der Waals surface area (Å²) in [6, 6.07) is 15.2. The number of phenolic OH excluding ortho intramolecular Hbond substituents is 1. The van der Waals surface area contributed by atoms with Gasteiger partial charge in [0, 0.05) is 27.9 Å². The van der Waals surface area contributed by atoms with Crippen LogP contribution in [-0.4, -0.2) is 18.9 Å². The zero-order valence-electron chi connectivity index (χ0n) is 13.4. The Bertz CT molecular complexity index is 1040. The van der Waals surface area contributed by atoms with Gasteiger partial charge in [-0.2, -0.15) is 0 Å². The Kier molecular flexibility index (Phi) is 4.11. The first-order chi connectivity index (χ1) is 12.1. The van der Waals surface area contributed by atoms with Gasteiger partial charge in [-0.05, 0) is 35.9 Å². The summed E-state index contributed by atoms with van der Waals surface area (Å²) >= 11 is 7.66. The van der Waals surface area contributed by atoms with Crippen molar-refractivity contribution in [3.05, 3.63) is 63.4 Å². The van der Waals surface area contributed by atoms with Crippen molar-refractivity contribution in [1.82, 2.24) is 0 Å². The van der Waals surface area contributed by atoms with Gasteiger partial charge in [0.2, 0.25) is 0 Å². The number of aromatic hydroxyl groups is 1. The maximum absolute atomic E-state index is 9.76. The molecule has 2 aromatic carbocycles. The first-order valence-electron chi connectivity index (χ1n) is 7.70. The van der Waals surface area contributed by atoms with Crippen LogP contribution in [0, 0.1) is 0 Å². The first kappa shape index (κ1) is 16.0. The molecule has 4 nitrogen and oxygen atoms in total. The predicted molar refractivity (Wildman–Crippen MR) is 102 cm³/mol. The lowest BCUT2D eigenvalue weighted by Crippen LogP contribution is -2.32. The van der Waals surface area contributed by atoms with Gasteiger partial charge in [0.1, 0.15) is 6.67 Å². The number of ether oxygens (including phenoxy) is 1. The highest BCUT2D eigenvalue weighted by Crippen LogP contribution is 2.31. The fourth-order valence-electron chi connectivity index (χ4n) is 2.70. The Morgan fingerprint density at radius 2 is 1.96 bits per heavy atom. The number of nitrogens with zero attached hydrogens (tertiary/aromatic N) is 2. The summed E-state index contributed by atoms with van der Waals surface area (Å²) < 4.78 is 6.29. The summed E-state index contributed by atoms with van der Waals surface area (Å²) in [5.74, 6) is 0.576. The third kappa shape index (κ3) is 3.08. The zero-order chi connectivity index (χ0) is 17.4. The molecule has 0 aliphatic carbocycles. The average molecular weight is 371 g/mol. The Morgan fingerprint density at radius 1 is 1.16 bits per heavy atom. The van der Waals surface area contributed by atoms with Crippen molar-refractivity contribution < 1.29 is 9.84 Å². The molecule has 0 spiro atoms. The number of methoxy groups -OCH3 is 1. The second-order valence-electron chi connectivity index (χ2n) is 5.62. The van der Waals surface area contributed by atoms with Crippen molar-refractivity contribution in [2.75, 3.05) is 18.7 Å². The van der Waals surface area contributed by atoms with Crippen LogP contribution in [0.3, 0.4) is 0 Å². The van der Waals surface area contributed by atoms with E-state index in [2.05, 4.69) is 17.3 Å². The molecule has 126 valence electrons. The zero-order valence-corrected chi connectivity index (χ0v) is 15.0. The van der Waals surface area contributed by atoms with Crippen molar-refractivity contribution in [2.24, 2.45) is 4.99 Å². The molecule has 2 heterocycles. The number of hydrogen-bond donors (Lipinski definition) is 1. The summed E-state index contributed by atoms with van der Waals surface area (Å²) in [5, 5.41) is 11.5. The molecule has 0 radical (unpaired) electrons. The first-order valence-corrected chi connectivity index (χ1v) is 8.89. The van der Waals surface area contributed by atoms with E-state index in [9.17, 15) is 5.11 Å². The molecule has 0 saturated heterocycles. The van der Waals surface area contributed by atoms with E-state index in [-0.39, 0.29) is 5.75 Å². The van der Waals surface area contributed by atoms with Gasteiger partial charge in [-0.1, -0.05) is 23.7 Å². The number of thiophene rings is 1. The van der Waals surface area contributed by atoms with Crippen LogP contribution in [0.15, 0.2) is 53.5 Å². The van der Waals surface area contributed by atoms with Crippen molar-refractivity contribution in [3.8, 4) is 21.9 Å². The molecule has 1 aliphatic rings. The van der Waals surface area contributed by atoms with Gasteiger partial charge < -0.3 is 14.7 Å². The van der Waals surface area contributed by atoms with E-state index in [1.165, 1.54) is 0 Å². The molecular weight excluding hydrogens is 356 g/mol. The van der Waals surface area contributed by atoms with E-state index in [1.54, 1.807) is 30.6 Å². The van der Waals surface area contributed by atoms with Gasteiger partial charge in [-0.15, -0.1) is 11.3 Å². The molecule has 4 rings (SSSR count). The Hall–Kier alpha value is -2.50. The molecule has 25 heavy (non-hydrogen) atoms. The molecule has 0 amide bonds. The summed E-state index contributed by atoms with van der Waals surface area (Å²) in [6.07, 6.45) is 2.08. The summed E-state index contributed by atoms with van der Waals surface area (Å²) in [6.45, 7) is 0.526. The van der Waals surface area contributed by atoms with Gasteiger partial charge in [0.15, 0.2) is 11.5 Å². The van der Waals surface area contributed by atoms with Gasteiger partial charge in [0.25, 0.3) is 0 Å². The molecule has 1 aromatic heterocycles. The Balaban J connectivity index is 1.71. The largest absolute Gasteiger partial charge is 0.504 e. The molecule has 6 heteroatoms. The molecule has 0 unspecified atom stereocenters. The molecule has 1 aliphatic heterocycles. The minimum Gasteiger partial charge on any atom is -0.504 e. The van der Waals surface area contributed by atoms with Crippen LogP contribution in [0.2, 0.25) is 5.02 Å². The highest BCUT2D eigenvalue weighted by molar-refractivity contribution is 7.13. The number of phenols is 1. The van der Waals surface area contributed by atoms with Gasteiger partial charge in [-0.25, -0.2) is 0 Å².